The molecule has 0 unspecified atom stereocenters. The zero-order chi connectivity index (χ0) is 37.8. The lowest BCUT2D eigenvalue weighted by atomic mass is 9.74. The van der Waals surface area contributed by atoms with Gasteiger partial charge in [-0.05, 0) is 43.0 Å². The molecule has 4 aliphatic rings. The van der Waals surface area contributed by atoms with Crippen LogP contribution in [0.2, 0.25) is 0 Å². The number of aliphatic hydroxyl groups is 1. The molecule has 7 atom stereocenters. The average Bonchev–Trinajstić information content (AvgIpc) is 3.89. The Kier molecular flexibility index (Phi) is 11.6. The molecule has 286 valence electrons. The van der Waals surface area contributed by atoms with Crippen LogP contribution in [0, 0.1) is 11.8 Å². The van der Waals surface area contributed by atoms with Gasteiger partial charge < -0.3 is 34.4 Å². The number of benzene rings is 2. The summed E-state index contributed by atoms with van der Waals surface area (Å²) in [6.07, 6.45) is 6.91. The Morgan fingerprint density at radius 2 is 1.76 bits per heavy atom. The maximum atomic E-state index is 15.2. The summed E-state index contributed by atoms with van der Waals surface area (Å²) in [5.74, 6) is -3.81. The summed E-state index contributed by atoms with van der Waals surface area (Å²) < 4.78 is 20.8. The molecule has 0 saturated carbocycles. The smallest absolute Gasteiger partial charge is 0.313 e. The fraction of sp³-hybridized carbons (Fsp3) is 0.487. The molecule has 2 fully saturated rings. The number of rotatable bonds is 11. The number of unbranched alkanes of at least 4 members (excludes halogenated alkanes) is 3. The number of carbonyl (C=O) groups excluding carboxylic acids is 4. The number of amides is 3. The quantitative estimate of drug-likeness (QED) is 0.167. The molecule has 15 heteroatoms. The molecule has 5 bridgehead atoms. The van der Waals surface area contributed by atoms with E-state index >= 15 is 4.79 Å². The molecule has 1 aromatic heterocycles. The molecular weight excluding hydrogens is 760 g/mol. The number of nitrogens with zero attached hydrogens (tertiary/aromatic N) is 5. The standard InChI is InChI=1S/C39H45BrN6O8/c1-52-23-28-33(25-14-6-4-7-15-25)53-38(51)31-32-36(49)45(20-12-2-3-13-21-47)35(39(32)22-26(40)34(31)54-39)37(50)44(19-11-5-8-18-30(48)41-28)24-46-29-17-10-9-16-27(29)42-43-46/h4-7,9-11,14-17,22,28,31-35,47H,2-3,8,12-13,18-21,23-24H2,1H3,(H,41,48)/b11-5-/t28-,31+,32-,33-,34+,35+,39-/m0/s1. The number of esters is 1. The second-order valence-electron chi connectivity index (χ2n) is 14.2. The number of cyclic esters (lactones) is 1. The number of nitrogens with one attached hydrogen (secondary N) is 1. The zero-order valence-electron chi connectivity index (χ0n) is 30.1. The van der Waals surface area contributed by atoms with Gasteiger partial charge in [0.05, 0.1) is 24.1 Å². The highest BCUT2D eigenvalue weighted by molar-refractivity contribution is 9.11. The van der Waals surface area contributed by atoms with Crippen molar-refractivity contribution >= 4 is 50.7 Å². The van der Waals surface area contributed by atoms with E-state index in [0.717, 1.165) is 18.4 Å². The van der Waals surface area contributed by atoms with E-state index in [9.17, 15) is 19.5 Å². The lowest BCUT2D eigenvalue weighted by Crippen LogP contribution is -2.56. The van der Waals surface area contributed by atoms with E-state index in [1.807, 2.05) is 66.7 Å². The summed E-state index contributed by atoms with van der Waals surface area (Å²) in [5.41, 5.74) is 0.583. The molecule has 2 saturated heterocycles. The third-order valence-corrected chi connectivity index (χ3v) is 11.4. The number of fused-ring (bicyclic) bond motifs is 3. The molecule has 7 rings (SSSR count). The minimum atomic E-state index is -1.46. The predicted octanol–water partition coefficient (Wildman–Crippen LogP) is 3.41. The van der Waals surface area contributed by atoms with Gasteiger partial charge in [-0.15, -0.1) is 5.10 Å². The summed E-state index contributed by atoms with van der Waals surface area (Å²) in [7, 11) is 1.51. The van der Waals surface area contributed by atoms with E-state index in [2.05, 4.69) is 31.6 Å². The first kappa shape index (κ1) is 37.9. The third kappa shape index (κ3) is 7.21. The number of carbonyl (C=O) groups is 4. The van der Waals surface area contributed by atoms with Crippen LogP contribution < -0.4 is 5.32 Å². The van der Waals surface area contributed by atoms with E-state index in [4.69, 9.17) is 14.2 Å². The Morgan fingerprint density at radius 1 is 0.981 bits per heavy atom. The highest BCUT2D eigenvalue weighted by Crippen LogP contribution is 2.59. The van der Waals surface area contributed by atoms with Crippen molar-refractivity contribution in [2.75, 3.05) is 33.4 Å². The van der Waals surface area contributed by atoms with Crippen LogP contribution in [0.1, 0.15) is 50.2 Å². The molecule has 0 radical (unpaired) electrons. The van der Waals surface area contributed by atoms with E-state index < -0.39 is 47.7 Å². The summed E-state index contributed by atoms with van der Waals surface area (Å²) in [5, 5.41) is 21.0. The third-order valence-electron chi connectivity index (χ3n) is 10.7. The lowest BCUT2D eigenvalue weighted by Gasteiger charge is -2.35. The van der Waals surface area contributed by atoms with E-state index in [-0.39, 0.29) is 57.1 Å². The van der Waals surface area contributed by atoms with Gasteiger partial charge in [0.2, 0.25) is 11.8 Å². The minimum absolute atomic E-state index is 0.0250. The number of halogens is 1. The highest BCUT2D eigenvalue weighted by Gasteiger charge is 2.75. The molecule has 54 heavy (non-hydrogen) atoms. The molecule has 1 spiro atoms. The van der Waals surface area contributed by atoms with Crippen molar-refractivity contribution in [1.82, 2.24) is 30.1 Å². The molecule has 2 N–H and O–H groups in total. The van der Waals surface area contributed by atoms with Gasteiger partial charge in [-0.1, -0.05) is 88.6 Å². The summed E-state index contributed by atoms with van der Waals surface area (Å²) in [6, 6.07) is 14.7. The molecular formula is C39H45BrN6O8. The van der Waals surface area contributed by atoms with E-state index in [0.29, 0.717) is 34.8 Å². The van der Waals surface area contributed by atoms with Gasteiger partial charge in [0.15, 0.2) is 0 Å². The number of para-hydroxylation sites is 1. The SMILES string of the molecule is COC[C@@H]1NC(=O)CC/C=C\CN(Cn2nnc3ccccc32)C(=O)[C@H]2N(CCCCCCO)C(=O)[C@@H]3[C@@H](C(=O)O[C@H]1c1ccccc1)[C@@H]1O[C@@]32C=C1Br. The largest absolute Gasteiger partial charge is 0.455 e. The number of methoxy groups -OCH3 is 1. The van der Waals surface area contributed by atoms with Crippen LogP contribution in [0.4, 0.5) is 0 Å². The summed E-state index contributed by atoms with van der Waals surface area (Å²) in [4.78, 5) is 61.0. The number of ether oxygens (including phenoxy) is 3. The van der Waals surface area contributed by atoms with Gasteiger partial charge in [0, 0.05) is 37.7 Å². The van der Waals surface area contributed by atoms with Crippen LogP contribution in [0.5, 0.6) is 0 Å². The second-order valence-corrected chi connectivity index (χ2v) is 15.1. The number of hydrogen-bond acceptors (Lipinski definition) is 10. The summed E-state index contributed by atoms with van der Waals surface area (Å²) >= 11 is 3.63. The number of likely N-dealkylation sites (tertiary alicyclic amines) is 1. The molecule has 2 aromatic carbocycles. The fourth-order valence-electron chi connectivity index (χ4n) is 8.25. The Balaban J connectivity index is 1.30. The molecule has 4 aliphatic heterocycles. The monoisotopic (exact) mass is 804 g/mol. The van der Waals surface area contributed by atoms with Crippen molar-refractivity contribution in [2.24, 2.45) is 11.8 Å². The Labute approximate surface area is 321 Å². The molecule has 5 heterocycles. The second kappa shape index (κ2) is 16.5. The number of hydrogen-bond donors (Lipinski definition) is 2. The first-order valence-electron chi connectivity index (χ1n) is 18.5. The number of aromatic nitrogens is 3. The predicted molar refractivity (Wildman–Crippen MR) is 199 cm³/mol. The van der Waals surface area contributed by atoms with Crippen molar-refractivity contribution in [1.29, 1.82) is 0 Å². The van der Waals surface area contributed by atoms with Crippen molar-refractivity contribution in [2.45, 2.75) is 75.1 Å². The van der Waals surface area contributed by atoms with E-state index in [1.165, 1.54) is 7.11 Å². The first-order chi connectivity index (χ1) is 26.3. The van der Waals surface area contributed by atoms with Crippen molar-refractivity contribution < 1.29 is 38.5 Å². The fourth-order valence-corrected chi connectivity index (χ4v) is 8.99. The topological polar surface area (TPSA) is 165 Å². The average molecular weight is 806 g/mol. The zero-order valence-corrected chi connectivity index (χ0v) is 31.7. The van der Waals surface area contributed by atoms with Gasteiger partial charge in [0.1, 0.15) is 42.0 Å². The minimum Gasteiger partial charge on any atom is -0.455 e. The van der Waals surface area contributed by atoms with Crippen molar-refractivity contribution in [3.63, 3.8) is 0 Å². The summed E-state index contributed by atoms with van der Waals surface area (Å²) in [6.45, 7) is 0.557. The Hall–Kier alpha value is -4.44. The normalized spacial score (nSPS) is 29.4. The van der Waals surface area contributed by atoms with Crippen LogP contribution in [-0.2, 0) is 40.1 Å². The highest BCUT2D eigenvalue weighted by atomic mass is 79.9. The van der Waals surface area contributed by atoms with Gasteiger partial charge in [-0.2, -0.15) is 0 Å². The van der Waals surface area contributed by atoms with Crippen LogP contribution in [-0.4, -0.2) is 111 Å². The van der Waals surface area contributed by atoms with Gasteiger partial charge in [-0.25, -0.2) is 4.68 Å². The van der Waals surface area contributed by atoms with Crippen LogP contribution in [0.3, 0.4) is 0 Å². The Bertz CT molecular complexity index is 1920. The van der Waals surface area contributed by atoms with Gasteiger partial charge in [0.25, 0.3) is 5.91 Å². The number of aliphatic hydroxyl groups excluding tert-OH is 1. The van der Waals surface area contributed by atoms with Crippen LogP contribution in [0.15, 0.2) is 77.3 Å². The maximum Gasteiger partial charge on any atom is 0.313 e. The Morgan fingerprint density at radius 3 is 2.56 bits per heavy atom. The van der Waals surface area contributed by atoms with Gasteiger partial charge >= 0.3 is 5.97 Å². The first-order valence-corrected chi connectivity index (χ1v) is 19.3. The number of allylic oxidation sites excluding steroid dienone is 1. The van der Waals surface area contributed by atoms with E-state index in [1.54, 1.807) is 20.6 Å². The van der Waals surface area contributed by atoms with Crippen LogP contribution >= 0.6 is 15.9 Å². The van der Waals surface area contributed by atoms with Crippen molar-refractivity contribution in [3.05, 3.63) is 82.9 Å². The molecule has 3 amide bonds. The molecule has 0 aliphatic carbocycles. The molecule has 14 nitrogen and oxygen atoms in total. The molecule has 3 aromatic rings. The van der Waals surface area contributed by atoms with Crippen LogP contribution in [0.25, 0.3) is 11.0 Å². The van der Waals surface area contributed by atoms with Gasteiger partial charge in [-0.3, -0.25) is 19.2 Å². The van der Waals surface area contributed by atoms with Crippen molar-refractivity contribution in [3.8, 4) is 0 Å². The lowest BCUT2D eigenvalue weighted by molar-refractivity contribution is -0.162. The maximum absolute atomic E-state index is 15.2.